The molecule has 0 heterocycles. The normalized spacial score (nSPS) is 11.6. The highest BCUT2D eigenvalue weighted by Gasteiger charge is 2.24. The molecule has 0 aliphatic heterocycles. The molecule has 0 bridgehead atoms. The third-order valence-corrected chi connectivity index (χ3v) is 4.34. The Bertz CT molecular complexity index is 323. The smallest absolute Gasteiger partial charge is 0.118 e. The van der Waals surface area contributed by atoms with Gasteiger partial charge < -0.3 is 9.47 Å². The Balaban J connectivity index is 2.44. The predicted molar refractivity (Wildman–Crippen MR) is 79.5 cm³/mol. The minimum absolute atomic E-state index is 0.218. The standard InChI is InChI=1S/C15H24O2S/c1-4-15(5-2,12-18)11-17-10-13-6-8-14(16-3)9-7-13/h6-9,18H,4-5,10-12H2,1-3H3. The van der Waals surface area contributed by atoms with Gasteiger partial charge in [-0.2, -0.15) is 12.6 Å². The molecule has 1 rings (SSSR count). The Morgan fingerprint density at radius 1 is 1.11 bits per heavy atom. The molecule has 0 aromatic heterocycles. The third-order valence-electron chi connectivity index (χ3n) is 3.67. The van der Waals surface area contributed by atoms with Gasteiger partial charge in [0.05, 0.1) is 20.3 Å². The summed E-state index contributed by atoms with van der Waals surface area (Å²) in [6.07, 6.45) is 2.21. The van der Waals surface area contributed by atoms with Crippen LogP contribution in [0.5, 0.6) is 5.75 Å². The van der Waals surface area contributed by atoms with Gasteiger partial charge in [0.15, 0.2) is 0 Å². The lowest BCUT2D eigenvalue weighted by molar-refractivity contribution is 0.0408. The summed E-state index contributed by atoms with van der Waals surface area (Å²) in [6, 6.07) is 8.01. The van der Waals surface area contributed by atoms with Crippen molar-refractivity contribution in [1.82, 2.24) is 0 Å². The fraction of sp³-hybridized carbons (Fsp3) is 0.600. The van der Waals surface area contributed by atoms with Crippen LogP contribution in [0.2, 0.25) is 0 Å². The van der Waals surface area contributed by atoms with Gasteiger partial charge >= 0.3 is 0 Å². The molecule has 1 aromatic rings. The average Bonchev–Trinajstić information content (AvgIpc) is 2.45. The zero-order valence-electron chi connectivity index (χ0n) is 11.6. The van der Waals surface area contributed by atoms with Crippen LogP contribution in [0.15, 0.2) is 24.3 Å². The van der Waals surface area contributed by atoms with Gasteiger partial charge in [-0.15, -0.1) is 0 Å². The molecule has 0 saturated carbocycles. The maximum Gasteiger partial charge on any atom is 0.118 e. The maximum absolute atomic E-state index is 5.84. The largest absolute Gasteiger partial charge is 0.497 e. The van der Waals surface area contributed by atoms with Crippen molar-refractivity contribution in [1.29, 1.82) is 0 Å². The SMILES string of the molecule is CCC(CC)(CS)COCc1ccc(OC)cc1. The Morgan fingerprint density at radius 3 is 2.17 bits per heavy atom. The topological polar surface area (TPSA) is 18.5 Å². The van der Waals surface area contributed by atoms with Crippen molar-refractivity contribution in [2.45, 2.75) is 33.3 Å². The fourth-order valence-corrected chi connectivity index (χ4v) is 2.37. The van der Waals surface area contributed by atoms with Crippen molar-refractivity contribution in [2.75, 3.05) is 19.5 Å². The molecule has 0 atom stereocenters. The molecule has 0 fully saturated rings. The molecule has 18 heavy (non-hydrogen) atoms. The monoisotopic (exact) mass is 268 g/mol. The van der Waals surface area contributed by atoms with Crippen molar-refractivity contribution in [2.24, 2.45) is 5.41 Å². The molecule has 0 spiro atoms. The molecule has 1 aromatic carbocycles. The van der Waals surface area contributed by atoms with Gasteiger partial charge in [-0.3, -0.25) is 0 Å². The molecule has 0 N–H and O–H groups in total. The number of rotatable bonds is 8. The summed E-state index contributed by atoms with van der Waals surface area (Å²) < 4.78 is 11.0. The summed E-state index contributed by atoms with van der Waals surface area (Å²) in [6.45, 7) is 5.84. The second-order valence-corrected chi connectivity index (χ2v) is 5.02. The summed E-state index contributed by atoms with van der Waals surface area (Å²) >= 11 is 4.45. The van der Waals surface area contributed by atoms with E-state index in [2.05, 4.69) is 26.5 Å². The molecule has 0 aliphatic rings. The third kappa shape index (κ3) is 4.21. The zero-order chi connectivity index (χ0) is 13.4. The van der Waals surface area contributed by atoms with Gasteiger partial charge in [0.2, 0.25) is 0 Å². The number of hydrogen-bond donors (Lipinski definition) is 1. The first-order chi connectivity index (χ1) is 8.69. The molecule has 0 unspecified atom stereocenters. The first-order valence-corrected chi connectivity index (χ1v) is 7.14. The van der Waals surface area contributed by atoms with Crippen LogP contribution in [0.25, 0.3) is 0 Å². The summed E-state index contributed by atoms with van der Waals surface area (Å²) in [5.41, 5.74) is 1.39. The zero-order valence-corrected chi connectivity index (χ0v) is 12.5. The molecule has 0 saturated heterocycles. The highest BCUT2D eigenvalue weighted by atomic mass is 32.1. The minimum Gasteiger partial charge on any atom is -0.497 e. The van der Waals surface area contributed by atoms with Crippen LogP contribution in [0.4, 0.5) is 0 Å². The van der Waals surface area contributed by atoms with Crippen molar-refractivity contribution < 1.29 is 9.47 Å². The van der Waals surface area contributed by atoms with Crippen LogP contribution in [-0.2, 0) is 11.3 Å². The van der Waals surface area contributed by atoms with Crippen LogP contribution in [-0.4, -0.2) is 19.5 Å². The van der Waals surface area contributed by atoms with E-state index in [4.69, 9.17) is 9.47 Å². The second-order valence-electron chi connectivity index (χ2n) is 4.71. The highest BCUT2D eigenvalue weighted by Crippen LogP contribution is 2.28. The average molecular weight is 268 g/mol. The van der Waals surface area contributed by atoms with Crippen molar-refractivity contribution in [3.8, 4) is 5.75 Å². The number of hydrogen-bond acceptors (Lipinski definition) is 3. The number of thiol groups is 1. The molecule has 102 valence electrons. The van der Waals surface area contributed by atoms with E-state index in [1.165, 1.54) is 5.56 Å². The fourth-order valence-electron chi connectivity index (χ4n) is 1.83. The van der Waals surface area contributed by atoms with E-state index in [0.717, 1.165) is 31.0 Å². The van der Waals surface area contributed by atoms with Gasteiger partial charge in [0, 0.05) is 5.41 Å². The summed E-state index contributed by atoms with van der Waals surface area (Å²) in [5, 5.41) is 0. The molecule has 0 aliphatic carbocycles. The van der Waals surface area contributed by atoms with E-state index in [-0.39, 0.29) is 5.41 Å². The quantitative estimate of drug-likeness (QED) is 0.720. The van der Waals surface area contributed by atoms with Gasteiger partial charge in [0.1, 0.15) is 5.75 Å². The molecule has 3 heteroatoms. The lowest BCUT2D eigenvalue weighted by Crippen LogP contribution is -2.27. The van der Waals surface area contributed by atoms with Crippen molar-refractivity contribution >= 4 is 12.6 Å². The Kier molecular flexibility index (Phi) is 6.58. The lowest BCUT2D eigenvalue weighted by atomic mass is 9.85. The molecular weight excluding hydrogens is 244 g/mol. The Morgan fingerprint density at radius 2 is 1.72 bits per heavy atom. The molecule has 2 nitrogen and oxygen atoms in total. The molecule has 0 amide bonds. The van der Waals surface area contributed by atoms with E-state index >= 15 is 0 Å². The van der Waals surface area contributed by atoms with E-state index in [9.17, 15) is 0 Å². The van der Waals surface area contributed by atoms with E-state index in [1.54, 1.807) is 7.11 Å². The van der Waals surface area contributed by atoms with Crippen molar-refractivity contribution in [3.63, 3.8) is 0 Å². The van der Waals surface area contributed by atoms with E-state index in [1.807, 2.05) is 24.3 Å². The van der Waals surface area contributed by atoms with Crippen LogP contribution >= 0.6 is 12.6 Å². The number of benzene rings is 1. The molecular formula is C15H24O2S. The molecule has 0 radical (unpaired) electrons. The first kappa shape index (κ1) is 15.4. The predicted octanol–water partition coefficient (Wildman–Crippen LogP) is 3.95. The number of ether oxygens (including phenoxy) is 2. The second kappa shape index (κ2) is 7.70. The highest BCUT2D eigenvalue weighted by molar-refractivity contribution is 7.80. The van der Waals surface area contributed by atoms with Crippen LogP contribution in [0.1, 0.15) is 32.3 Å². The first-order valence-electron chi connectivity index (χ1n) is 6.51. The summed E-state index contributed by atoms with van der Waals surface area (Å²) in [4.78, 5) is 0. The van der Waals surface area contributed by atoms with Gasteiger partial charge in [-0.05, 0) is 36.3 Å². The van der Waals surface area contributed by atoms with Gasteiger partial charge in [-0.1, -0.05) is 26.0 Å². The maximum atomic E-state index is 5.84. The van der Waals surface area contributed by atoms with Gasteiger partial charge in [-0.25, -0.2) is 0 Å². The summed E-state index contributed by atoms with van der Waals surface area (Å²) in [7, 11) is 1.68. The Labute approximate surface area is 116 Å². The van der Waals surface area contributed by atoms with Crippen LogP contribution in [0, 0.1) is 5.41 Å². The van der Waals surface area contributed by atoms with Crippen LogP contribution in [0.3, 0.4) is 0 Å². The lowest BCUT2D eigenvalue weighted by Gasteiger charge is -2.29. The van der Waals surface area contributed by atoms with Gasteiger partial charge in [0.25, 0.3) is 0 Å². The van der Waals surface area contributed by atoms with E-state index < -0.39 is 0 Å². The van der Waals surface area contributed by atoms with Crippen molar-refractivity contribution in [3.05, 3.63) is 29.8 Å². The summed E-state index contributed by atoms with van der Waals surface area (Å²) in [5.74, 6) is 1.76. The van der Waals surface area contributed by atoms with E-state index in [0.29, 0.717) is 6.61 Å². The number of methoxy groups -OCH3 is 1. The minimum atomic E-state index is 0.218. The Hall–Kier alpha value is -0.670. The van der Waals surface area contributed by atoms with Crippen LogP contribution < -0.4 is 4.74 Å².